The fourth-order valence-electron chi connectivity index (χ4n) is 4.63. The molecule has 42 heavy (non-hydrogen) atoms. The Labute approximate surface area is 248 Å². The van der Waals surface area contributed by atoms with Crippen LogP contribution in [-0.2, 0) is 29.2 Å². The van der Waals surface area contributed by atoms with Crippen molar-refractivity contribution in [2.75, 3.05) is 26.2 Å². The molecule has 0 radical (unpaired) electrons. The van der Waals surface area contributed by atoms with E-state index in [2.05, 4.69) is 10.2 Å². The van der Waals surface area contributed by atoms with Crippen molar-refractivity contribution in [3.8, 4) is 11.1 Å². The van der Waals surface area contributed by atoms with E-state index in [0.29, 0.717) is 17.7 Å². The van der Waals surface area contributed by atoms with Gasteiger partial charge in [-0.3, -0.25) is 9.59 Å². The predicted molar refractivity (Wildman–Crippen MR) is 157 cm³/mol. The van der Waals surface area contributed by atoms with E-state index < -0.39 is 40.8 Å². The molecule has 2 aromatic carbocycles. The molecule has 1 atom stereocenters. The zero-order valence-corrected chi connectivity index (χ0v) is 25.0. The first-order valence-electron chi connectivity index (χ1n) is 13.6. The summed E-state index contributed by atoms with van der Waals surface area (Å²) in [6.45, 7) is 9.35. The smallest absolute Gasteiger partial charge is 0.417 e. The molecule has 3 aromatic rings. The number of rotatable bonds is 11. The number of nitrogens with one attached hydrogen (secondary N) is 1. The van der Waals surface area contributed by atoms with Crippen molar-refractivity contribution in [2.45, 2.75) is 46.3 Å². The van der Waals surface area contributed by atoms with Gasteiger partial charge in [0.25, 0.3) is 11.5 Å². The van der Waals surface area contributed by atoms with Crippen LogP contribution in [0.5, 0.6) is 0 Å². The molecule has 0 fully saturated rings. The molecule has 0 aliphatic carbocycles. The van der Waals surface area contributed by atoms with Crippen LogP contribution in [0.3, 0.4) is 0 Å². The number of aromatic nitrogens is 1. The van der Waals surface area contributed by atoms with Crippen LogP contribution in [0.15, 0.2) is 53.3 Å². The van der Waals surface area contributed by atoms with Crippen LogP contribution in [0.4, 0.5) is 13.2 Å². The lowest BCUT2D eigenvalue weighted by Gasteiger charge is -2.21. The zero-order valence-electron chi connectivity index (χ0n) is 24.3. The van der Waals surface area contributed by atoms with Crippen molar-refractivity contribution in [3.63, 3.8) is 0 Å². The summed E-state index contributed by atoms with van der Waals surface area (Å²) in [6, 6.07) is 10.7. The summed E-state index contributed by atoms with van der Waals surface area (Å²) in [6.07, 6.45) is -4.73. The number of ether oxygens (including phenoxy) is 1. The number of nitrogens with zero attached hydrogens (tertiary/aromatic N) is 2. The molecule has 0 saturated carbocycles. The number of likely N-dealkylation sites (N-methyl/N-ethyl adjacent to an activating group) is 1. The number of alkyl halides is 3. The quantitative estimate of drug-likeness (QED) is 0.289. The molecule has 1 N–H and O–H groups in total. The van der Waals surface area contributed by atoms with E-state index in [4.69, 9.17) is 16.3 Å². The summed E-state index contributed by atoms with van der Waals surface area (Å²) >= 11 is 6.26. The Morgan fingerprint density at radius 3 is 2.29 bits per heavy atom. The summed E-state index contributed by atoms with van der Waals surface area (Å²) in [7, 11) is 1.41. The molecule has 7 nitrogen and oxygen atoms in total. The van der Waals surface area contributed by atoms with Gasteiger partial charge in [0, 0.05) is 25.7 Å². The minimum Gasteiger partial charge on any atom is -0.463 e. The lowest BCUT2D eigenvalue weighted by molar-refractivity contribution is -0.146. The Balaban J connectivity index is 1.91. The van der Waals surface area contributed by atoms with Gasteiger partial charge in [-0.25, -0.2) is 4.79 Å². The van der Waals surface area contributed by atoms with Crippen LogP contribution >= 0.6 is 11.6 Å². The number of halogens is 4. The molecule has 0 spiro atoms. The lowest BCUT2D eigenvalue weighted by Crippen LogP contribution is -2.44. The molecule has 3 rings (SSSR count). The largest absolute Gasteiger partial charge is 0.463 e. The van der Waals surface area contributed by atoms with Gasteiger partial charge in [-0.15, -0.1) is 0 Å². The second-order valence-corrected chi connectivity index (χ2v) is 10.4. The molecule has 1 heterocycles. The van der Waals surface area contributed by atoms with Gasteiger partial charge in [-0.1, -0.05) is 61.8 Å². The zero-order chi connectivity index (χ0) is 31.2. The number of amides is 1. The van der Waals surface area contributed by atoms with Crippen LogP contribution in [0.1, 0.15) is 46.6 Å². The first kappa shape index (κ1) is 32.9. The van der Waals surface area contributed by atoms with Crippen LogP contribution in [0.25, 0.3) is 11.1 Å². The molecule has 0 saturated heterocycles. The van der Waals surface area contributed by atoms with E-state index >= 15 is 0 Å². The molecule has 0 aliphatic heterocycles. The summed E-state index contributed by atoms with van der Waals surface area (Å²) in [5.41, 5.74) is -0.598. The standard InChI is InChI=1S/C31H35ClF3N3O4/c1-6-38(7-2)15-16-42-30(41)25(36-28(39)26-19(3)9-8-10-24(26)32)18-21-11-13-22(14-12-21)27-23(31(33,34)35)17-20(4)37(5)29(27)40/h8-14,17,25H,6-7,15-16,18H2,1-5H3,(H,36,39). The number of carbonyl (C=O) groups excluding carboxylic acids is 2. The Bertz CT molecular complexity index is 1460. The van der Waals surface area contributed by atoms with Gasteiger partial charge in [0.15, 0.2) is 0 Å². The van der Waals surface area contributed by atoms with Gasteiger partial charge < -0.3 is 19.5 Å². The summed E-state index contributed by atoms with van der Waals surface area (Å²) in [5.74, 6) is -1.21. The number of pyridine rings is 1. The van der Waals surface area contributed by atoms with E-state index in [-0.39, 0.29) is 34.9 Å². The van der Waals surface area contributed by atoms with Crippen molar-refractivity contribution < 1.29 is 27.5 Å². The Morgan fingerprint density at radius 2 is 1.71 bits per heavy atom. The highest BCUT2D eigenvalue weighted by atomic mass is 35.5. The maximum Gasteiger partial charge on any atom is 0.417 e. The van der Waals surface area contributed by atoms with Gasteiger partial charge in [0.1, 0.15) is 12.6 Å². The molecule has 0 bridgehead atoms. The Kier molecular flexibility index (Phi) is 11.0. The second-order valence-electron chi connectivity index (χ2n) is 9.99. The van der Waals surface area contributed by atoms with Crippen LogP contribution in [-0.4, -0.2) is 53.6 Å². The molecule has 11 heteroatoms. The number of esters is 1. The highest BCUT2D eigenvalue weighted by molar-refractivity contribution is 6.34. The van der Waals surface area contributed by atoms with E-state index in [1.54, 1.807) is 25.1 Å². The number of hydrogen-bond acceptors (Lipinski definition) is 5. The average Bonchev–Trinajstić information content (AvgIpc) is 2.93. The van der Waals surface area contributed by atoms with E-state index in [1.165, 1.54) is 38.2 Å². The monoisotopic (exact) mass is 605 g/mol. The van der Waals surface area contributed by atoms with Crippen molar-refractivity contribution in [1.82, 2.24) is 14.8 Å². The predicted octanol–water partition coefficient (Wildman–Crippen LogP) is 5.57. The molecule has 226 valence electrons. The Hall–Kier alpha value is -3.63. The number of carbonyl (C=O) groups is 2. The minimum absolute atomic E-state index is 0.00232. The normalized spacial score (nSPS) is 12.3. The first-order valence-corrected chi connectivity index (χ1v) is 14.0. The maximum absolute atomic E-state index is 13.8. The van der Waals surface area contributed by atoms with Gasteiger partial charge in [0.2, 0.25) is 0 Å². The van der Waals surface area contributed by atoms with Crippen molar-refractivity contribution in [2.24, 2.45) is 7.05 Å². The van der Waals surface area contributed by atoms with Gasteiger partial charge in [0.05, 0.1) is 21.7 Å². The highest BCUT2D eigenvalue weighted by Gasteiger charge is 2.36. The molecule has 0 aliphatic rings. The maximum atomic E-state index is 13.8. The van der Waals surface area contributed by atoms with Gasteiger partial charge in [-0.2, -0.15) is 13.2 Å². The fourth-order valence-corrected chi connectivity index (χ4v) is 4.93. The van der Waals surface area contributed by atoms with Crippen LogP contribution < -0.4 is 10.9 Å². The third-order valence-electron chi connectivity index (χ3n) is 7.24. The van der Waals surface area contributed by atoms with Crippen LogP contribution in [0.2, 0.25) is 5.02 Å². The third-order valence-corrected chi connectivity index (χ3v) is 7.56. The number of hydrogen-bond donors (Lipinski definition) is 1. The van der Waals surface area contributed by atoms with Crippen molar-refractivity contribution in [3.05, 3.63) is 91.9 Å². The highest BCUT2D eigenvalue weighted by Crippen LogP contribution is 2.36. The van der Waals surface area contributed by atoms with Crippen LogP contribution in [0, 0.1) is 13.8 Å². The topological polar surface area (TPSA) is 80.6 Å². The van der Waals surface area contributed by atoms with E-state index in [9.17, 15) is 27.6 Å². The van der Waals surface area contributed by atoms with E-state index in [1.807, 2.05) is 13.8 Å². The lowest BCUT2D eigenvalue weighted by atomic mass is 9.97. The average molecular weight is 606 g/mol. The third kappa shape index (κ3) is 7.80. The second kappa shape index (κ2) is 14.0. The van der Waals surface area contributed by atoms with E-state index in [0.717, 1.165) is 23.7 Å². The summed E-state index contributed by atoms with van der Waals surface area (Å²) in [5, 5.41) is 2.94. The fraction of sp³-hybridized carbons (Fsp3) is 0.387. The van der Waals surface area contributed by atoms with Crippen molar-refractivity contribution >= 4 is 23.5 Å². The molecular formula is C31H35ClF3N3O4. The summed E-state index contributed by atoms with van der Waals surface area (Å²) in [4.78, 5) is 41.3. The van der Waals surface area contributed by atoms with Crippen molar-refractivity contribution in [1.29, 1.82) is 0 Å². The Morgan fingerprint density at radius 1 is 1.07 bits per heavy atom. The van der Waals surface area contributed by atoms with Gasteiger partial charge in [-0.05, 0) is 55.8 Å². The first-order chi connectivity index (χ1) is 19.8. The number of benzene rings is 2. The molecule has 1 aromatic heterocycles. The minimum atomic E-state index is -4.73. The molecule has 1 unspecified atom stereocenters. The molecule has 1 amide bonds. The SMILES string of the molecule is CCN(CC)CCOC(=O)C(Cc1ccc(-c2c(C(F)(F)F)cc(C)n(C)c2=O)cc1)NC(=O)c1c(C)cccc1Cl. The number of aryl methyl sites for hydroxylation is 2. The summed E-state index contributed by atoms with van der Waals surface area (Å²) < 4.78 is 48.1. The van der Waals surface area contributed by atoms with Gasteiger partial charge >= 0.3 is 12.1 Å². The molecular weight excluding hydrogens is 571 g/mol.